The van der Waals surface area contributed by atoms with Crippen LogP contribution in [0.1, 0.15) is 79.8 Å². The molecular weight excluding hydrogens is 1570 g/mol. The van der Waals surface area contributed by atoms with Gasteiger partial charge in [0.1, 0.15) is 67.7 Å². The number of hydrogen-bond acceptors (Lipinski definition) is 26. The molecule has 0 saturated carbocycles. The van der Waals surface area contributed by atoms with Gasteiger partial charge in [-0.15, -0.1) is 0 Å². The number of imidazole rings is 3. The molecule has 8 amide bonds. The first kappa shape index (κ1) is 80.0. The average molecular weight is 1650 g/mol. The Balaban J connectivity index is 0.000000130. The highest BCUT2D eigenvalue weighted by Gasteiger charge is 2.61. The number of amides is 8. The number of hydrogen-bond donors (Lipinski definition) is 9. The van der Waals surface area contributed by atoms with Crippen molar-refractivity contribution >= 4 is 104 Å². The molecule has 0 radical (unpaired) electrons. The molecule has 0 bridgehead atoms. The number of ether oxygens (including phenoxy) is 9. The van der Waals surface area contributed by atoms with Crippen LogP contribution in [0.2, 0.25) is 0 Å². The number of carboxylic acids is 3. The molecule has 17 unspecified atom stereocenters. The number of likely N-dealkylation sites (tertiary alicyclic amines) is 2. The van der Waals surface area contributed by atoms with E-state index in [0.29, 0.717) is 104 Å². The number of rotatable bonds is 20. The largest absolute Gasteiger partial charge is 0.480 e. The van der Waals surface area contributed by atoms with E-state index in [1.807, 2.05) is 127 Å². The fourth-order valence-corrected chi connectivity index (χ4v) is 16.0. The van der Waals surface area contributed by atoms with E-state index >= 15 is 0 Å². The van der Waals surface area contributed by atoms with Crippen LogP contribution < -0.4 is 31.9 Å². The van der Waals surface area contributed by atoms with Gasteiger partial charge in [0, 0.05) is 50.3 Å². The van der Waals surface area contributed by atoms with Gasteiger partial charge in [0.2, 0.25) is 0 Å². The summed E-state index contributed by atoms with van der Waals surface area (Å²) in [6, 6.07) is 43.9. The molecule has 121 heavy (non-hydrogen) atoms. The minimum absolute atomic E-state index is 0.187. The predicted molar refractivity (Wildman–Crippen MR) is 420 cm³/mol. The van der Waals surface area contributed by atoms with E-state index in [1.54, 1.807) is 44.9 Å². The zero-order valence-electron chi connectivity index (χ0n) is 64.3. The van der Waals surface area contributed by atoms with E-state index in [1.165, 1.54) is 47.8 Å². The first-order chi connectivity index (χ1) is 59.0. The van der Waals surface area contributed by atoms with Crippen molar-refractivity contribution < 1.29 is 96.3 Å². The van der Waals surface area contributed by atoms with Crippen LogP contribution >= 0.6 is 0 Å². The lowest BCUT2D eigenvalue weighted by atomic mass is 10.1. The van der Waals surface area contributed by atoms with Crippen LogP contribution in [0.5, 0.6) is 0 Å². The monoisotopic (exact) mass is 1650 g/mol. The Kier molecular flexibility index (Phi) is 23.3. The Morgan fingerprint density at radius 1 is 0.388 bits per heavy atom. The third-order valence-corrected chi connectivity index (χ3v) is 21.6. The molecule has 8 saturated heterocycles. The molecule has 8 aliphatic rings. The number of carbonyl (C=O) groups is 8. The van der Waals surface area contributed by atoms with Gasteiger partial charge in [-0.05, 0) is 61.4 Å². The Hall–Kier alpha value is -13.5. The summed E-state index contributed by atoms with van der Waals surface area (Å²) in [5.41, 5.74) is 6.31. The van der Waals surface area contributed by atoms with Gasteiger partial charge in [0.05, 0.1) is 19.0 Å². The van der Waals surface area contributed by atoms with Gasteiger partial charge >= 0.3 is 36.0 Å². The fraction of sp³-hybridized carbons (Fsp3) is 0.346. The van der Waals surface area contributed by atoms with Gasteiger partial charge in [-0.2, -0.15) is 0 Å². The van der Waals surface area contributed by atoms with Crippen LogP contribution in [0.4, 0.5) is 37.5 Å². The molecule has 19 rings (SSSR count). The number of para-hydroxylation sites is 1. The van der Waals surface area contributed by atoms with Crippen molar-refractivity contribution in [2.45, 2.75) is 157 Å². The van der Waals surface area contributed by atoms with Gasteiger partial charge in [0.25, 0.3) is 11.8 Å². The molecule has 14 heterocycles. The molecule has 17 atom stereocenters. The second-order valence-electron chi connectivity index (χ2n) is 29.2. The van der Waals surface area contributed by atoms with E-state index in [-0.39, 0.29) is 17.5 Å². The SMILES string of the molecule is CCNC(=O)Nc1ncnc2c1ncn2C1OC(C(=O)N2CCCC2C(=O)O)C2OC(Cc3ccccc3)OC21.O=C(NCc1ccccc1)Nc1ncnc2c1ncn2C1OC(C(=O)N2CCCC2C(=O)O)C2OC(c3ccccc3)OC21.O=C(Nc1ccccc1)Nc1ncnc2c1ncn2C1OC(C(=O)O)C2OC(Cc3ccccc3)OC21. The number of aromatic nitrogens is 12. The van der Waals surface area contributed by atoms with E-state index in [4.69, 9.17) is 42.6 Å². The molecule has 40 nitrogen and oxygen atoms in total. The number of carboxylic acid groups (broad SMARTS) is 3. The highest BCUT2D eigenvalue weighted by Crippen LogP contribution is 2.48. The Bertz CT molecular complexity index is 5610. The molecule has 0 spiro atoms. The Morgan fingerprint density at radius 3 is 1.20 bits per heavy atom. The number of nitrogens with one attached hydrogen (secondary N) is 6. The summed E-state index contributed by atoms with van der Waals surface area (Å²) in [4.78, 5) is 142. The lowest BCUT2D eigenvalue weighted by Crippen LogP contribution is -2.49. The summed E-state index contributed by atoms with van der Waals surface area (Å²) in [6.45, 7) is 3.18. The minimum Gasteiger partial charge on any atom is -0.480 e. The lowest BCUT2D eigenvalue weighted by Gasteiger charge is -2.27. The summed E-state index contributed by atoms with van der Waals surface area (Å²) in [5.74, 6) is -3.60. The molecule has 9 N–H and O–H groups in total. The smallest absolute Gasteiger partial charge is 0.335 e. The van der Waals surface area contributed by atoms with Crippen molar-refractivity contribution in [1.29, 1.82) is 0 Å². The molecule has 0 aliphatic carbocycles. The maximum Gasteiger partial charge on any atom is 0.335 e. The Labute approximate surface area is 686 Å². The minimum atomic E-state index is -1.23. The van der Waals surface area contributed by atoms with Crippen molar-refractivity contribution in [1.82, 2.24) is 79.0 Å². The van der Waals surface area contributed by atoms with Crippen LogP contribution in [0, 0.1) is 0 Å². The molecule has 11 aromatic rings. The van der Waals surface area contributed by atoms with Gasteiger partial charge in [-0.3, -0.25) is 39.2 Å². The molecule has 8 aliphatic heterocycles. The average Bonchev–Trinajstić information content (AvgIpc) is 1.59. The first-order valence-electron chi connectivity index (χ1n) is 39.1. The van der Waals surface area contributed by atoms with Gasteiger partial charge in [-0.1, -0.05) is 140 Å². The topological polar surface area (TPSA) is 490 Å². The summed E-state index contributed by atoms with van der Waals surface area (Å²) in [6.07, 6.45) is -1.58. The quantitative estimate of drug-likeness (QED) is 0.0383. The number of anilines is 4. The summed E-state index contributed by atoms with van der Waals surface area (Å²) in [7, 11) is 0. The second kappa shape index (κ2) is 35.2. The summed E-state index contributed by atoms with van der Waals surface area (Å²) >= 11 is 0. The van der Waals surface area contributed by atoms with Crippen LogP contribution in [-0.2, 0) is 86.0 Å². The fourth-order valence-electron chi connectivity index (χ4n) is 16.0. The zero-order valence-corrected chi connectivity index (χ0v) is 64.3. The standard InChI is InChI=1S/C30H29N7O7.C26H29N7O7.C25H22N6O6/c38-26(36-13-7-12-19(36)28(39)40)22-21-23(44-29(43-21)18-10-5-2-6-11-18)27(42-22)37-16-34-20-24(32-15-33-25(20)37)35-30(41)31-14-17-8-3-1-4-9-17;1-2-27-26(37)31-21-17-22(29-12-28-21)33(13-30-17)24-20-18(38-16(39-20)11-14-7-4-3-5-8-14)19(40-24)23(34)32-10-6-9-15(32)25(35)36;32-24(33)20-18-19(36-16(35-18)11-14-7-3-1-4-8-14)23(37-20)31-13-28-17-21(26-12-27-22(17)31)30-25(34)29-15-9-5-2-6-10-15/h1-6,8-11,15-16,19,21-23,27,29H,7,12-14H2,(H,39,40)(H2,31,32,33,35,41);3-5,7-8,12-13,15-16,18-20,24H,2,6,9-11H2,1H3,(H,35,36)(H2,27,28,29,31,37);1-10,12-13,16,18-20,23H,11H2,(H,32,33)(H2,26,27,29,30,34). The highest BCUT2D eigenvalue weighted by atomic mass is 16.8. The number of aliphatic carboxylic acids is 3. The second-order valence-corrected chi connectivity index (χ2v) is 29.2. The number of carbonyl (C=O) groups excluding carboxylic acids is 5. The first-order valence-corrected chi connectivity index (χ1v) is 39.1. The zero-order chi connectivity index (χ0) is 83.4. The van der Waals surface area contributed by atoms with E-state index in [0.717, 1.165) is 22.3 Å². The molecule has 5 aromatic carbocycles. The number of urea groups is 3. The molecule has 8 fully saturated rings. The number of benzene rings is 5. The van der Waals surface area contributed by atoms with Crippen LogP contribution in [0.3, 0.4) is 0 Å². The van der Waals surface area contributed by atoms with Crippen molar-refractivity contribution in [3.63, 3.8) is 0 Å². The van der Waals surface area contributed by atoms with Crippen molar-refractivity contribution in [2.24, 2.45) is 0 Å². The van der Waals surface area contributed by atoms with Crippen LogP contribution in [0.25, 0.3) is 33.5 Å². The summed E-state index contributed by atoms with van der Waals surface area (Å²) < 4.78 is 60.5. The van der Waals surface area contributed by atoms with E-state index in [9.17, 15) is 53.7 Å². The maximum absolute atomic E-state index is 13.8. The molecule has 6 aromatic heterocycles. The normalized spacial score (nSPS) is 26.1. The molecule has 624 valence electrons. The number of nitrogens with zero attached hydrogens (tertiary/aromatic N) is 14. The highest BCUT2D eigenvalue weighted by molar-refractivity contribution is 6.03. The van der Waals surface area contributed by atoms with Crippen molar-refractivity contribution in [3.05, 3.63) is 212 Å². The maximum atomic E-state index is 13.8. The van der Waals surface area contributed by atoms with Gasteiger partial charge in [0.15, 0.2) is 107 Å². The van der Waals surface area contributed by atoms with Gasteiger partial charge < -0.3 is 83.7 Å². The molecular formula is C81H80N20O20. The number of fused-ring (bicyclic) bond motifs is 6. The third kappa shape index (κ3) is 16.8. The van der Waals surface area contributed by atoms with Crippen molar-refractivity contribution in [2.75, 3.05) is 40.9 Å². The third-order valence-electron chi connectivity index (χ3n) is 21.6. The summed E-state index contributed by atoms with van der Waals surface area (Å²) in [5, 5.41) is 45.3. The lowest BCUT2D eigenvalue weighted by molar-refractivity contribution is -0.172. The molecule has 40 heteroatoms. The van der Waals surface area contributed by atoms with Crippen LogP contribution in [-0.4, -0.2) is 231 Å². The van der Waals surface area contributed by atoms with E-state index < -0.39 is 152 Å². The van der Waals surface area contributed by atoms with E-state index in [2.05, 4.69) is 76.8 Å². The van der Waals surface area contributed by atoms with Gasteiger partial charge in [-0.25, -0.2) is 73.6 Å². The van der Waals surface area contributed by atoms with Crippen LogP contribution in [0.15, 0.2) is 190 Å². The van der Waals surface area contributed by atoms with Crippen molar-refractivity contribution in [3.8, 4) is 0 Å². The predicted octanol–water partition coefficient (Wildman–Crippen LogP) is 6.70. The Morgan fingerprint density at radius 2 is 0.760 bits per heavy atom.